The summed E-state index contributed by atoms with van der Waals surface area (Å²) >= 11 is 0. The fourth-order valence-corrected chi connectivity index (χ4v) is 5.11. The van der Waals surface area contributed by atoms with Crippen LogP contribution in [-0.4, -0.2) is 41.4 Å². The standard InChI is InChI=1S/C33H40F2N2O4/c1-21-28(30(31(38)39)41-32(2,3)4)29(37-16-14-33(5,6)15-17-37)25(20-36-21)23-9-12-27(26(35)19-23)40-18-13-22-7-10-24(34)11-8-22/h7-12,19-20,30H,13-18H2,1-6H3,(H,38,39)/t30-/m0/s1. The second-order valence-electron chi connectivity index (χ2n) is 12.5. The lowest BCUT2D eigenvalue weighted by molar-refractivity contribution is -0.160. The van der Waals surface area contributed by atoms with E-state index in [1.807, 2.05) is 20.8 Å². The van der Waals surface area contributed by atoms with Crippen LogP contribution in [0.4, 0.5) is 14.5 Å². The van der Waals surface area contributed by atoms with Crippen LogP contribution in [0.25, 0.3) is 11.1 Å². The zero-order valence-corrected chi connectivity index (χ0v) is 24.8. The van der Waals surface area contributed by atoms with Crippen LogP contribution in [0.5, 0.6) is 5.75 Å². The van der Waals surface area contributed by atoms with Crippen LogP contribution >= 0.6 is 0 Å². The van der Waals surface area contributed by atoms with E-state index in [0.717, 1.165) is 31.5 Å². The average molecular weight is 567 g/mol. The lowest BCUT2D eigenvalue weighted by Gasteiger charge is -2.41. The molecule has 1 N–H and O–H groups in total. The van der Waals surface area contributed by atoms with Gasteiger partial charge in [-0.05, 0) is 81.3 Å². The molecule has 0 aliphatic carbocycles. The van der Waals surface area contributed by atoms with Crippen molar-refractivity contribution in [1.82, 2.24) is 4.98 Å². The summed E-state index contributed by atoms with van der Waals surface area (Å²) in [5, 5.41) is 10.3. The zero-order chi connectivity index (χ0) is 29.9. The minimum absolute atomic E-state index is 0.108. The van der Waals surface area contributed by atoms with Gasteiger partial charge in [-0.15, -0.1) is 0 Å². The van der Waals surface area contributed by atoms with Gasteiger partial charge in [0, 0.05) is 42.5 Å². The van der Waals surface area contributed by atoms with Crippen molar-refractivity contribution in [3.8, 4) is 16.9 Å². The maximum atomic E-state index is 15.4. The molecule has 0 saturated carbocycles. The van der Waals surface area contributed by atoms with Crippen molar-refractivity contribution in [3.05, 3.63) is 77.1 Å². The highest BCUT2D eigenvalue weighted by atomic mass is 19.1. The number of rotatable bonds is 9. The topological polar surface area (TPSA) is 71.9 Å². The van der Waals surface area contributed by atoms with Crippen LogP contribution in [0.15, 0.2) is 48.7 Å². The molecule has 1 aliphatic rings. The molecule has 2 aromatic carbocycles. The predicted octanol–water partition coefficient (Wildman–Crippen LogP) is 7.52. The normalized spacial score (nSPS) is 16.0. The van der Waals surface area contributed by atoms with Crippen LogP contribution < -0.4 is 9.64 Å². The Labute approximate surface area is 241 Å². The summed E-state index contributed by atoms with van der Waals surface area (Å²) in [7, 11) is 0. The number of carbonyl (C=O) groups is 1. The Morgan fingerprint density at radius 1 is 1.10 bits per heavy atom. The number of benzene rings is 2. The zero-order valence-electron chi connectivity index (χ0n) is 24.8. The third-order valence-electron chi connectivity index (χ3n) is 7.48. The van der Waals surface area contributed by atoms with Crippen molar-refractivity contribution in [3.63, 3.8) is 0 Å². The minimum atomic E-state index is -1.24. The summed E-state index contributed by atoms with van der Waals surface area (Å²) in [4.78, 5) is 19.3. The lowest BCUT2D eigenvalue weighted by Crippen LogP contribution is -2.39. The van der Waals surface area contributed by atoms with Gasteiger partial charge in [0.25, 0.3) is 0 Å². The fraction of sp³-hybridized carbons (Fsp3) is 0.455. The number of piperidine rings is 1. The fourth-order valence-electron chi connectivity index (χ4n) is 5.11. The number of aromatic nitrogens is 1. The first-order valence-corrected chi connectivity index (χ1v) is 14.1. The first-order chi connectivity index (χ1) is 19.2. The summed E-state index contributed by atoms with van der Waals surface area (Å²) in [5.74, 6) is -1.83. The molecule has 220 valence electrons. The van der Waals surface area contributed by atoms with Gasteiger partial charge in [0.2, 0.25) is 0 Å². The molecule has 1 aromatic heterocycles. The third kappa shape index (κ3) is 7.61. The molecule has 0 spiro atoms. The maximum Gasteiger partial charge on any atom is 0.337 e. The molecule has 2 heterocycles. The maximum absolute atomic E-state index is 15.4. The minimum Gasteiger partial charge on any atom is -0.490 e. The highest BCUT2D eigenvalue weighted by Gasteiger charge is 2.35. The van der Waals surface area contributed by atoms with E-state index in [0.29, 0.717) is 34.5 Å². The summed E-state index contributed by atoms with van der Waals surface area (Å²) in [6, 6.07) is 10.9. The summed E-state index contributed by atoms with van der Waals surface area (Å²) in [6.07, 6.45) is 2.81. The van der Waals surface area contributed by atoms with Crippen molar-refractivity contribution >= 4 is 11.7 Å². The molecule has 1 aliphatic heterocycles. The summed E-state index contributed by atoms with van der Waals surface area (Å²) in [5.41, 5.74) is 3.33. The number of aryl methyl sites for hydroxylation is 1. The summed E-state index contributed by atoms with van der Waals surface area (Å²) in [6.45, 7) is 13.4. The van der Waals surface area contributed by atoms with E-state index < -0.39 is 23.5 Å². The van der Waals surface area contributed by atoms with Crippen LogP contribution in [0, 0.1) is 24.0 Å². The molecular weight excluding hydrogens is 526 g/mol. The largest absolute Gasteiger partial charge is 0.490 e. The van der Waals surface area contributed by atoms with Gasteiger partial charge in [-0.2, -0.15) is 0 Å². The quantitative estimate of drug-likeness (QED) is 0.289. The van der Waals surface area contributed by atoms with E-state index in [9.17, 15) is 14.3 Å². The third-order valence-corrected chi connectivity index (χ3v) is 7.48. The van der Waals surface area contributed by atoms with Gasteiger partial charge >= 0.3 is 5.97 Å². The Hall–Kier alpha value is -3.52. The number of anilines is 1. The molecule has 1 saturated heterocycles. The van der Waals surface area contributed by atoms with Crippen molar-refractivity contribution in [2.24, 2.45) is 5.41 Å². The Morgan fingerprint density at radius 3 is 2.34 bits per heavy atom. The number of carboxylic acid groups (broad SMARTS) is 1. The predicted molar refractivity (Wildman–Crippen MR) is 156 cm³/mol. The molecule has 8 heteroatoms. The van der Waals surface area contributed by atoms with Gasteiger partial charge in [-0.25, -0.2) is 13.6 Å². The molecule has 1 atom stereocenters. The molecule has 0 bridgehead atoms. The number of hydrogen-bond acceptors (Lipinski definition) is 5. The molecule has 1 fully saturated rings. The number of carboxylic acids is 1. The Morgan fingerprint density at radius 2 is 1.76 bits per heavy atom. The number of hydrogen-bond donors (Lipinski definition) is 1. The van der Waals surface area contributed by atoms with Gasteiger partial charge in [-0.1, -0.05) is 32.0 Å². The van der Waals surface area contributed by atoms with Gasteiger partial charge in [0.05, 0.1) is 17.9 Å². The molecule has 6 nitrogen and oxygen atoms in total. The Kier molecular flexibility index (Phi) is 9.02. The Bertz CT molecular complexity index is 1370. The van der Waals surface area contributed by atoms with Crippen molar-refractivity contribution in [1.29, 1.82) is 0 Å². The smallest absolute Gasteiger partial charge is 0.337 e. The highest BCUT2D eigenvalue weighted by Crippen LogP contribution is 2.44. The SMILES string of the molecule is Cc1ncc(-c2ccc(OCCc3ccc(F)cc3)c(F)c2)c(N2CCC(C)(C)CC2)c1[C@H](OC(C)(C)C)C(=O)O. The van der Waals surface area contributed by atoms with Gasteiger partial charge in [0.1, 0.15) is 5.82 Å². The van der Waals surface area contributed by atoms with Crippen LogP contribution in [0.1, 0.15) is 70.4 Å². The molecule has 4 rings (SSSR count). The second kappa shape index (κ2) is 12.1. The molecule has 0 radical (unpaired) electrons. The average Bonchev–Trinajstić information content (AvgIpc) is 2.89. The van der Waals surface area contributed by atoms with Crippen LogP contribution in [0.2, 0.25) is 0 Å². The second-order valence-corrected chi connectivity index (χ2v) is 12.5. The van der Waals surface area contributed by atoms with Gasteiger partial charge in [0.15, 0.2) is 17.7 Å². The molecule has 41 heavy (non-hydrogen) atoms. The van der Waals surface area contributed by atoms with Gasteiger partial charge < -0.3 is 19.5 Å². The number of ether oxygens (including phenoxy) is 2. The molecule has 0 unspecified atom stereocenters. The first kappa shape index (κ1) is 30.4. The van der Waals surface area contributed by atoms with E-state index in [2.05, 4.69) is 23.7 Å². The number of aliphatic carboxylic acids is 1. The van der Waals surface area contributed by atoms with E-state index in [4.69, 9.17) is 9.47 Å². The summed E-state index contributed by atoms with van der Waals surface area (Å²) < 4.78 is 40.3. The monoisotopic (exact) mass is 566 g/mol. The molecule has 0 amide bonds. The van der Waals surface area contributed by atoms with Gasteiger partial charge in [-0.3, -0.25) is 4.98 Å². The lowest BCUT2D eigenvalue weighted by atomic mass is 9.82. The highest BCUT2D eigenvalue weighted by molar-refractivity contribution is 5.86. The number of pyridine rings is 1. The molecular formula is C33H40F2N2O4. The first-order valence-electron chi connectivity index (χ1n) is 14.1. The number of nitrogens with zero attached hydrogens (tertiary/aromatic N) is 2. The number of halogens is 2. The molecule has 3 aromatic rings. The van der Waals surface area contributed by atoms with Crippen molar-refractivity contribution < 1.29 is 28.2 Å². The van der Waals surface area contributed by atoms with E-state index in [1.165, 1.54) is 18.2 Å². The van der Waals surface area contributed by atoms with E-state index in [1.54, 1.807) is 37.4 Å². The van der Waals surface area contributed by atoms with Crippen LogP contribution in [0.3, 0.4) is 0 Å². The van der Waals surface area contributed by atoms with Crippen LogP contribution in [-0.2, 0) is 16.0 Å². The van der Waals surface area contributed by atoms with Crippen molar-refractivity contribution in [2.45, 2.75) is 72.5 Å². The van der Waals surface area contributed by atoms with E-state index >= 15 is 4.39 Å². The van der Waals surface area contributed by atoms with Crippen molar-refractivity contribution in [2.75, 3.05) is 24.6 Å². The Balaban J connectivity index is 1.71. The van der Waals surface area contributed by atoms with E-state index in [-0.39, 0.29) is 23.6 Å².